The van der Waals surface area contributed by atoms with Crippen LogP contribution >= 0.6 is 34.8 Å². The molecule has 3 nitrogen and oxygen atoms in total. The van der Waals surface area contributed by atoms with Crippen LogP contribution in [0.15, 0.2) is 29.7 Å². The Kier molecular flexibility index (Phi) is 3.52. The molecule has 0 aliphatic carbocycles. The van der Waals surface area contributed by atoms with E-state index in [0.717, 1.165) is 0 Å². The average Bonchev–Trinajstić information content (AvgIpc) is 2.60. The van der Waals surface area contributed by atoms with Gasteiger partial charge in [-0.05, 0) is 30.7 Å². The summed E-state index contributed by atoms with van der Waals surface area (Å²) in [6.45, 7) is 1.84. The van der Waals surface area contributed by atoms with E-state index in [9.17, 15) is 4.79 Å². The first kappa shape index (κ1) is 12.6. The van der Waals surface area contributed by atoms with Gasteiger partial charge in [0.15, 0.2) is 6.73 Å². The van der Waals surface area contributed by atoms with Crippen LogP contribution in [0.3, 0.4) is 0 Å². The molecular formula is C11H8Cl3NO2. The summed E-state index contributed by atoms with van der Waals surface area (Å²) >= 11 is 17.7. The van der Waals surface area contributed by atoms with Crippen molar-refractivity contribution in [3.63, 3.8) is 0 Å². The highest BCUT2D eigenvalue weighted by atomic mass is 35.5. The number of para-hydroxylation sites is 1. The summed E-state index contributed by atoms with van der Waals surface area (Å²) < 4.78 is 5.29. The van der Waals surface area contributed by atoms with Gasteiger partial charge in [0, 0.05) is 0 Å². The second-order valence-corrected chi connectivity index (χ2v) is 4.61. The van der Waals surface area contributed by atoms with E-state index in [1.165, 1.54) is 0 Å². The van der Waals surface area contributed by atoms with Gasteiger partial charge >= 0.3 is 0 Å². The van der Waals surface area contributed by atoms with Gasteiger partial charge in [0.05, 0.1) is 15.7 Å². The lowest BCUT2D eigenvalue weighted by atomic mass is 10.2. The fraction of sp³-hybridized carbons (Fsp3) is 0.182. The second kappa shape index (κ2) is 4.77. The van der Waals surface area contributed by atoms with Crippen LogP contribution in [0.4, 0.5) is 5.69 Å². The maximum Gasteiger partial charge on any atom is 0.272 e. The summed E-state index contributed by atoms with van der Waals surface area (Å²) in [5.74, 6) is 0.459. The number of hydrogen-bond donors (Lipinski definition) is 0. The number of anilines is 1. The van der Waals surface area contributed by atoms with Crippen LogP contribution in [0.25, 0.3) is 0 Å². The zero-order chi connectivity index (χ0) is 12.6. The van der Waals surface area contributed by atoms with Gasteiger partial charge in [0.1, 0.15) is 11.5 Å². The second-order valence-electron chi connectivity index (χ2n) is 3.45. The third-order valence-electron chi connectivity index (χ3n) is 2.41. The Morgan fingerprint density at radius 1 is 1.35 bits per heavy atom. The molecule has 2 rings (SSSR count). The highest BCUT2D eigenvalue weighted by Gasteiger charge is 2.30. The van der Waals surface area contributed by atoms with Crippen molar-refractivity contribution in [1.29, 1.82) is 0 Å². The molecule has 1 aliphatic rings. The minimum atomic E-state index is -0.601. The molecule has 0 saturated carbocycles. The van der Waals surface area contributed by atoms with Crippen LogP contribution in [0, 0.1) is 0 Å². The molecule has 0 aromatic heterocycles. The minimum Gasteiger partial charge on any atom is -0.475 e. The van der Waals surface area contributed by atoms with Crippen molar-refractivity contribution in [2.45, 2.75) is 6.92 Å². The van der Waals surface area contributed by atoms with Gasteiger partial charge < -0.3 is 4.74 Å². The molecule has 0 spiro atoms. The zero-order valence-electron chi connectivity index (χ0n) is 8.84. The van der Waals surface area contributed by atoms with E-state index in [2.05, 4.69) is 0 Å². The summed E-state index contributed by atoms with van der Waals surface area (Å²) in [5, 5.41) is 0.272. The van der Waals surface area contributed by atoms with E-state index in [0.29, 0.717) is 21.5 Å². The molecule has 0 N–H and O–H groups in total. The van der Waals surface area contributed by atoms with E-state index in [-0.39, 0.29) is 12.4 Å². The fourth-order valence-electron chi connectivity index (χ4n) is 1.65. The van der Waals surface area contributed by atoms with Crippen molar-refractivity contribution < 1.29 is 9.53 Å². The first-order valence-corrected chi connectivity index (χ1v) is 5.91. The van der Waals surface area contributed by atoms with Gasteiger partial charge in [0.25, 0.3) is 5.24 Å². The van der Waals surface area contributed by atoms with Crippen LogP contribution in [0.5, 0.6) is 0 Å². The maximum absolute atomic E-state index is 11.4. The largest absolute Gasteiger partial charge is 0.475 e. The summed E-state index contributed by atoms with van der Waals surface area (Å²) in [5.41, 5.74) is 0.790. The third-order valence-corrected chi connectivity index (χ3v) is 3.20. The molecule has 0 unspecified atom stereocenters. The lowest BCUT2D eigenvalue weighted by Crippen LogP contribution is -2.23. The fourth-order valence-corrected chi connectivity index (χ4v) is 2.49. The Bertz CT molecular complexity index is 493. The SMILES string of the molecule is CC1=C(C(=O)Cl)N(c2c(Cl)cccc2Cl)CO1. The van der Waals surface area contributed by atoms with Crippen LogP contribution in [0.1, 0.15) is 6.92 Å². The quantitative estimate of drug-likeness (QED) is 0.777. The number of ether oxygens (including phenoxy) is 1. The van der Waals surface area contributed by atoms with E-state index in [4.69, 9.17) is 39.5 Å². The van der Waals surface area contributed by atoms with Gasteiger partial charge in [-0.25, -0.2) is 0 Å². The standard InChI is InChI=1S/C11H8Cl3NO2/c1-6-9(11(14)16)15(5-17-6)10-7(12)3-2-4-8(10)13/h2-4H,5H2,1H3. The Morgan fingerprint density at radius 3 is 2.47 bits per heavy atom. The predicted molar refractivity (Wildman–Crippen MR) is 68.5 cm³/mol. The minimum absolute atomic E-state index is 0.170. The molecule has 0 atom stereocenters. The molecule has 17 heavy (non-hydrogen) atoms. The topological polar surface area (TPSA) is 29.5 Å². The molecule has 6 heteroatoms. The Balaban J connectivity index is 2.52. The van der Waals surface area contributed by atoms with Crippen LogP contribution in [-0.2, 0) is 9.53 Å². The van der Waals surface area contributed by atoms with Crippen molar-refractivity contribution in [3.05, 3.63) is 39.7 Å². The monoisotopic (exact) mass is 291 g/mol. The predicted octanol–water partition coefficient (Wildman–Crippen LogP) is 3.78. The molecule has 0 amide bonds. The van der Waals surface area contributed by atoms with Crippen molar-refractivity contribution >= 4 is 45.7 Å². The van der Waals surface area contributed by atoms with Gasteiger partial charge in [0.2, 0.25) is 0 Å². The summed E-state index contributed by atoms with van der Waals surface area (Å²) in [4.78, 5) is 12.9. The number of benzene rings is 1. The molecule has 90 valence electrons. The molecule has 0 saturated heterocycles. The van der Waals surface area contributed by atoms with Gasteiger partial charge in [-0.15, -0.1) is 0 Å². The van der Waals surface area contributed by atoms with E-state index < -0.39 is 5.24 Å². The Morgan fingerprint density at radius 2 is 1.94 bits per heavy atom. The molecule has 0 bridgehead atoms. The number of carbonyl (C=O) groups excluding carboxylic acids is 1. The van der Waals surface area contributed by atoms with Crippen molar-refractivity contribution in [2.24, 2.45) is 0 Å². The molecular weight excluding hydrogens is 284 g/mol. The van der Waals surface area contributed by atoms with Crippen molar-refractivity contribution in [2.75, 3.05) is 11.6 Å². The molecule has 0 radical (unpaired) electrons. The lowest BCUT2D eigenvalue weighted by molar-refractivity contribution is -0.108. The van der Waals surface area contributed by atoms with Gasteiger partial charge in [-0.1, -0.05) is 29.3 Å². The maximum atomic E-state index is 11.4. The van der Waals surface area contributed by atoms with Crippen LogP contribution in [-0.4, -0.2) is 12.0 Å². The number of carbonyl (C=O) groups is 1. The first-order valence-electron chi connectivity index (χ1n) is 4.77. The first-order chi connectivity index (χ1) is 8.02. The average molecular weight is 293 g/mol. The molecule has 1 aliphatic heterocycles. The summed E-state index contributed by atoms with van der Waals surface area (Å²) in [6, 6.07) is 5.10. The van der Waals surface area contributed by atoms with Gasteiger partial charge in [-0.2, -0.15) is 0 Å². The number of halogens is 3. The number of allylic oxidation sites excluding steroid dienone is 2. The normalized spacial score (nSPS) is 15.2. The number of hydrogen-bond acceptors (Lipinski definition) is 3. The molecule has 1 heterocycles. The van der Waals surface area contributed by atoms with Crippen LogP contribution in [0.2, 0.25) is 10.0 Å². The van der Waals surface area contributed by atoms with Crippen LogP contribution < -0.4 is 4.90 Å². The van der Waals surface area contributed by atoms with E-state index in [1.54, 1.807) is 30.0 Å². The molecule has 0 fully saturated rings. The molecule has 1 aromatic carbocycles. The third kappa shape index (κ3) is 2.23. The van der Waals surface area contributed by atoms with E-state index in [1.807, 2.05) is 0 Å². The van der Waals surface area contributed by atoms with Crippen molar-refractivity contribution in [1.82, 2.24) is 0 Å². The zero-order valence-corrected chi connectivity index (χ0v) is 11.1. The smallest absolute Gasteiger partial charge is 0.272 e. The lowest BCUT2D eigenvalue weighted by Gasteiger charge is -2.20. The summed E-state index contributed by atoms with van der Waals surface area (Å²) in [6.07, 6.45) is 0. The Hall–Kier alpha value is -0.900. The van der Waals surface area contributed by atoms with E-state index >= 15 is 0 Å². The number of rotatable bonds is 2. The highest BCUT2D eigenvalue weighted by Crippen LogP contribution is 2.38. The van der Waals surface area contributed by atoms with Crippen molar-refractivity contribution in [3.8, 4) is 0 Å². The summed E-state index contributed by atoms with van der Waals surface area (Å²) in [7, 11) is 0. The Labute approximate surface area is 114 Å². The molecule has 1 aromatic rings. The van der Waals surface area contributed by atoms with Gasteiger partial charge in [-0.3, -0.25) is 9.69 Å². The highest BCUT2D eigenvalue weighted by molar-refractivity contribution is 6.68. The number of nitrogens with zero attached hydrogens (tertiary/aromatic N) is 1.